The maximum atomic E-state index is 14.0. The van der Waals surface area contributed by atoms with Crippen LogP contribution < -0.4 is 10.4 Å². The summed E-state index contributed by atoms with van der Waals surface area (Å²) in [5, 5.41) is 29.3. The molecule has 11 nitrogen and oxygen atoms in total. The Labute approximate surface area is 269 Å². The molecule has 1 aromatic rings. The molecule has 2 aliphatic carbocycles. The van der Waals surface area contributed by atoms with Gasteiger partial charge in [-0.15, -0.1) is 0 Å². The van der Waals surface area contributed by atoms with Gasteiger partial charge in [-0.3, -0.25) is 29.6 Å². The van der Waals surface area contributed by atoms with Crippen molar-refractivity contribution in [3.8, 4) is 0 Å². The molecule has 3 N–H and O–H groups in total. The van der Waals surface area contributed by atoms with Crippen molar-refractivity contribution >= 4 is 35.2 Å². The van der Waals surface area contributed by atoms with Crippen LogP contribution in [-0.2, 0) is 39.0 Å². The summed E-state index contributed by atoms with van der Waals surface area (Å²) in [6.45, 7) is 10.7. The first-order chi connectivity index (χ1) is 21.1. The van der Waals surface area contributed by atoms with Gasteiger partial charge in [0.15, 0.2) is 18.4 Å². The van der Waals surface area contributed by atoms with Gasteiger partial charge in [-0.2, -0.15) is 0 Å². The second-order valence-corrected chi connectivity index (χ2v) is 14.0. The van der Waals surface area contributed by atoms with Crippen LogP contribution in [-0.4, -0.2) is 71.9 Å². The van der Waals surface area contributed by atoms with Crippen molar-refractivity contribution in [3.63, 3.8) is 0 Å². The Hall–Kier alpha value is -2.70. The maximum Gasteiger partial charge on any atom is 0.323 e. The van der Waals surface area contributed by atoms with Gasteiger partial charge >= 0.3 is 17.9 Å². The number of hydroxylamine groups is 1. The topological polar surface area (TPSA) is 144 Å². The number of carbonyl (C=O) groups is 3. The maximum absolute atomic E-state index is 14.0. The third-order valence-corrected chi connectivity index (χ3v) is 10.5. The number of ether oxygens (including phenoxy) is 3. The number of benzene rings is 1. The van der Waals surface area contributed by atoms with E-state index in [0.29, 0.717) is 28.3 Å². The zero-order valence-electron chi connectivity index (χ0n) is 26.9. The van der Waals surface area contributed by atoms with E-state index in [1.165, 1.54) is 12.0 Å². The molecule has 248 valence electrons. The number of nitrogens with one attached hydrogen (secondary N) is 1. The molecule has 12 heteroatoms. The van der Waals surface area contributed by atoms with Gasteiger partial charge in [0.1, 0.15) is 17.2 Å². The SMILES string of the molecule is CC(=O)O[C@@H]1C(C)=C[C@@H]2[C@@H](C(C)COC(=O)C(C)C)CC[C@@H](C)[C@]2(O)[C@H]1OC(=O)[C@@H]1C[C@@]2(O)c3cccc(Cl)c3N(C)O[C@H]2N1. The van der Waals surface area contributed by atoms with E-state index in [4.69, 9.17) is 30.6 Å². The molecule has 1 unspecified atom stereocenters. The van der Waals surface area contributed by atoms with E-state index in [9.17, 15) is 24.6 Å². The first kappa shape index (κ1) is 33.7. The highest BCUT2D eigenvalue weighted by atomic mass is 35.5. The van der Waals surface area contributed by atoms with E-state index >= 15 is 0 Å². The van der Waals surface area contributed by atoms with E-state index in [2.05, 4.69) is 5.32 Å². The summed E-state index contributed by atoms with van der Waals surface area (Å²) in [6, 6.07) is 4.15. The van der Waals surface area contributed by atoms with Gasteiger partial charge in [0.05, 0.1) is 23.2 Å². The predicted molar refractivity (Wildman–Crippen MR) is 165 cm³/mol. The Morgan fingerprint density at radius 1 is 1.18 bits per heavy atom. The minimum Gasteiger partial charge on any atom is -0.465 e. The lowest BCUT2D eigenvalue weighted by Gasteiger charge is -2.55. The molecule has 5 rings (SSSR count). The van der Waals surface area contributed by atoms with Crippen LogP contribution in [0.5, 0.6) is 0 Å². The number of esters is 3. The van der Waals surface area contributed by atoms with Crippen LogP contribution in [0.3, 0.4) is 0 Å². The van der Waals surface area contributed by atoms with Crippen LogP contribution >= 0.6 is 11.6 Å². The number of hydrogen-bond acceptors (Lipinski definition) is 11. The molecule has 0 spiro atoms. The van der Waals surface area contributed by atoms with Crippen LogP contribution in [0, 0.1) is 29.6 Å². The summed E-state index contributed by atoms with van der Waals surface area (Å²) in [5.41, 5.74) is -1.50. The normalized spacial score (nSPS) is 36.3. The van der Waals surface area contributed by atoms with E-state index in [-0.39, 0.29) is 42.7 Å². The fourth-order valence-electron chi connectivity index (χ4n) is 7.66. The summed E-state index contributed by atoms with van der Waals surface area (Å²) in [5.74, 6) is -2.82. The quantitative estimate of drug-likeness (QED) is 0.227. The Morgan fingerprint density at radius 3 is 2.56 bits per heavy atom. The molecule has 45 heavy (non-hydrogen) atoms. The number of halogens is 1. The molecule has 2 aliphatic heterocycles. The summed E-state index contributed by atoms with van der Waals surface area (Å²) >= 11 is 6.42. The van der Waals surface area contributed by atoms with Gasteiger partial charge < -0.3 is 24.4 Å². The molecule has 0 aromatic heterocycles. The minimum absolute atomic E-state index is 0.0737. The molecule has 0 amide bonds. The van der Waals surface area contributed by atoms with Gasteiger partial charge in [-0.25, -0.2) is 0 Å². The first-order valence-corrected chi connectivity index (χ1v) is 16.1. The number of hydrogen-bond donors (Lipinski definition) is 3. The smallest absolute Gasteiger partial charge is 0.323 e. The number of para-hydroxylation sites is 1. The number of fused-ring (bicyclic) bond motifs is 4. The minimum atomic E-state index is -1.59. The molecule has 4 aliphatic rings. The second-order valence-electron chi connectivity index (χ2n) is 13.6. The van der Waals surface area contributed by atoms with Crippen LogP contribution in [0.15, 0.2) is 29.8 Å². The van der Waals surface area contributed by atoms with Crippen molar-refractivity contribution in [1.82, 2.24) is 5.32 Å². The fourth-order valence-corrected chi connectivity index (χ4v) is 7.96. The molecule has 0 bridgehead atoms. The Kier molecular flexibility index (Phi) is 9.34. The Morgan fingerprint density at radius 2 is 1.89 bits per heavy atom. The van der Waals surface area contributed by atoms with E-state index < -0.39 is 53.5 Å². The molecule has 1 saturated heterocycles. The van der Waals surface area contributed by atoms with Gasteiger partial charge in [-0.05, 0) is 49.2 Å². The molecule has 1 saturated carbocycles. The van der Waals surface area contributed by atoms with Gasteiger partial charge in [0.25, 0.3) is 0 Å². The predicted octanol–water partition coefficient (Wildman–Crippen LogP) is 3.63. The number of carbonyl (C=O) groups excluding carboxylic acids is 3. The average Bonchev–Trinajstić information content (AvgIpc) is 3.32. The lowest BCUT2D eigenvalue weighted by Crippen LogP contribution is -2.66. The van der Waals surface area contributed by atoms with Crippen LogP contribution in [0.4, 0.5) is 5.69 Å². The van der Waals surface area contributed by atoms with Crippen LogP contribution in [0.25, 0.3) is 0 Å². The molecule has 2 heterocycles. The zero-order chi connectivity index (χ0) is 33.0. The highest BCUT2D eigenvalue weighted by molar-refractivity contribution is 6.33. The number of rotatable bonds is 7. The van der Waals surface area contributed by atoms with Crippen molar-refractivity contribution in [1.29, 1.82) is 0 Å². The number of aliphatic hydroxyl groups is 2. The van der Waals surface area contributed by atoms with Gasteiger partial charge in [-0.1, -0.05) is 57.5 Å². The van der Waals surface area contributed by atoms with Crippen molar-refractivity contribution in [2.24, 2.45) is 29.6 Å². The third kappa shape index (κ3) is 5.86. The largest absolute Gasteiger partial charge is 0.465 e. The lowest BCUT2D eigenvalue weighted by molar-refractivity contribution is -0.226. The molecule has 0 radical (unpaired) electrons. The highest BCUT2D eigenvalue weighted by Crippen LogP contribution is 2.53. The highest BCUT2D eigenvalue weighted by Gasteiger charge is 2.62. The van der Waals surface area contributed by atoms with Crippen LogP contribution in [0.2, 0.25) is 5.02 Å². The van der Waals surface area contributed by atoms with E-state index in [1.54, 1.807) is 46.0 Å². The number of nitrogens with zero attached hydrogens (tertiary/aromatic N) is 1. The fraction of sp³-hybridized carbons (Fsp3) is 0.667. The summed E-state index contributed by atoms with van der Waals surface area (Å²) in [7, 11) is 1.67. The zero-order valence-corrected chi connectivity index (χ0v) is 27.7. The van der Waals surface area contributed by atoms with Crippen molar-refractivity contribution in [2.45, 2.75) is 96.5 Å². The number of anilines is 1. The summed E-state index contributed by atoms with van der Waals surface area (Å²) in [6.07, 6.45) is 0.0297. The Bertz CT molecular complexity index is 1370. The average molecular weight is 649 g/mol. The third-order valence-electron chi connectivity index (χ3n) is 10.2. The first-order valence-electron chi connectivity index (χ1n) is 15.7. The lowest BCUT2D eigenvalue weighted by atomic mass is 9.55. The van der Waals surface area contributed by atoms with Crippen molar-refractivity contribution < 1.29 is 43.6 Å². The standard InChI is InChI=1S/C33H45ClN2O9/c1-16(2)29(38)42-15-18(4)21-12-11-19(5)33(41)23(21)13-17(3)27(43-20(6)37)28(33)44-30(39)25-14-32(40)22-9-8-10-24(34)26(22)36(7)45-31(32)35-25/h8-10,13,16,18-19,21,23,25,27-28,31,35,40-41H,11-12,14-15H2,1-7H3/t18?,19-,21-,23-,25+,27-,28+,31-,32-,33-/m1/s1. The van der Waals surface area contributed by atoms with Crippen LogP contribution in [0.1, 0.15) is 66.4 Å². The van der Waals surface area contributed by atoms with Crippen molar-refractivity contribution in [2.75, 3.05) is 18.7 Å². The van der Waals surface area contributed by atoms with E-state index in [0.717, 1.165) is 6.42 Å². The second kappa shape index (κ2) is 12.5. The molecule has 2 fully saturated rings. The van der Waals surface area contributed by atoms with Crippen molar-refractivity contribution in [3.05, 3.63) is 40.4 Å². The van der Waals surface area contributed by atoms with Gasteiger partial charge in [0.2, 0.25) is 0 Å². The van der Waals surface area contributed by atoms with E-state index in [1.807, 2.05) is 19.9 Å². The molecule has 1 aromatic carbocycles. The monoisotopic (exact) mass is 648 g/mol. The molecular weight excluding hydrogens is 604 g/mol. The Balaban J connectivity index is 1.43. The molecular formula is C33H45ClN2O9. The summed E-state index contributed by atoms with van der Waals surface area (Å²) in [4.78, 5) is 44.3. The molecule has 10 atom stereocenters. The summed E-state index contributed by atoms with van der Waals surface area (Å²) < 4.78 is 17.5. The van der Waals surface area contributed by atoms with Gasteiger partial charge in [0, 0.05) is 31.9 Å².